The zero-order valence-corrected chi connectivity index (χ0v) is 24.4. The van der Waals surface area contributed by atoms with E-state index in [2.05, 4.69) is 0 Å². The maximum absolute atomic E-state index is 6.21. The van der Waals surface area contributed by atoms with Gasteiger partial charge in [0, 0.05) is 83.1 Å². The van der Waals surface area contributed by atoms with Crippen LogP contribution in [-0.2, 0) is 51.9 Å². The van der Waals surface area contributed by atoms with Crippen LogP contribution in [0, 0.1) is 0 Å². The molecule has 0 unspecified atom stereocenters. The van der Waals surface area contributed by atoms with Gasteiger partial charge in [-0.25, -0.2) is 0 Å². The van der Waals surface area contributed by atoms with Crippen molar-refractivity contribution in [3.63, 3.8) is 0 Å². The Bertz CT molecular complexity index is 385. The molecular weight excluding hydrogens is 477 g/mol. The summed E-state index contributed by atoms with van der Waals surface area (Å²) < 4.78 is 68.7. The minimum absolute atomic E-state index is 1.45. The van der Waals surface area contributed by atoms with Gasteiger partial charge in [-0.05, 0) is 0 Å². The second-order valence-corrected chi connectivity index (χ2v) is 20.4. The molecule has 0 bridgehead atoms. The van der Waals surface area contributed by atoms with Crippen molar-refractivity contribution in [3.05, 3.63) is 0 Å². The molecule has 0 aromatic carbocycles. The Balaban J connectivity index is 6.57. The van der Waals surface area contributed by atoms with E-state index in [1.54, 1.807) is 26.2 Å². The van der Waals surface area contributed by atoms with Crippen LogP contribution in [0.1, 0.15) is 0 Å². The Morgan fingerprint density at radius 3 is 0.552 bits per heavy atom. The van der Waals surface area contributed by atoms with Crippen LogP contribution in [0.5, 0.6) is 0 Å². The molecule has 0 aliphatic carbocycles. The molecule has 17 heteroatoms. The molecular formula is C12H36O12Si5. The van der Waals surface area contributed by atoms with E-state index < -0.39 is 44.3 Å². The maximum atomic E-state index is 6.21. The summed E-state index contributed by atoms with van der Waals surface area (Å²) in [5.74, 6) is 0. The zero-order chi connectivity index (χ0) is 23.0. The van der Waals surface area contributed by atoms with Crippen molar-refractivity contribution in [1.82, 2.24) is 0 Å². The van der Waals surface area contributed by atoms with Crippen LogP contribution in [0.25, 0.3) is 0 Å². The largest absolute Gasteiger partial charge is 0.649 e. The molecule has 0 rings (SSSR count). The van der Waals surface area contributed by atoms with Crippen LogP contribution < -0.4 is 0 Å². The molecule has 0 heterocycles. The van der Waals surface area contributed by atoms with Gasteiger partial charge in [-0.3, -0.25) is 0 Å². The zero-order valence-electron chi connectivity index (χ0n) is 19.4. The standard InChI is InChI=1S/C12H36O12Si5/c1-13-25(9,14-2)21-29(22-26(10,15-3)16-4,23-27(11,17-5)18-6)24-28(12,19-7)20-8/h1-12H3. The number of hydrogen-bond acceptors (Lipinski definition) is 12. The first kappa shape index (κ1) is 29.6. The molecule has 0 atom stereocenters. The maximum Gasteiger partial charge on any atom is 0.649 e. The fourth-order valence-corrected chi connectivity index (χ4v) is 15.5. The van der Waals surface area contributed by atoms with Gasteiger partial charge < -0.3 is 51.9 Å². The first-order valence-electron chi connectivity index (χ1n) is 8.53. The summed E-state index contributed by atoms with van der Waals surface area (Å²) in [5.41, 5.74) is 0. The highest BCUT2D eigenvalue weighted by Gasteiger charge is 2.66. The van der Waals surface area contributed by atoms with Gasteiger partial charge in [-0.15, -0.1) is 0 Å². The minimum Gasteiger partial charge on any atom is -0.377 e. The Labute approximate surface area is 179 Å². The van der Waals surface area contributed by atoms with E-state index in [0.717, 1.165) is 0 Å². The van der Waals surface area contributed by atoms with E-state index in [0.29, 0.717) is 0 Å². The van der Waals surface area contributed by atoms with Gasteiger partial charge in [0.15, 0.2) is 0 Å². The second kappa shape index (κ2) is 12.0. The predicted molar refractivity (Wildman–Crippen MR) is 113 cm³/mol. The van der Waals surface area contributed by atoms with Crippen molar-refractivity contribution in [2.24, 2.45) is 0 Å². The SMILES string of the molecule is CO[Si](C)(OC)O[Si](O[Si](C)(OC)OC)(O[Si](C)(OC)OC)O[Si](C)(OC)OC. The summed E-state index contributed by atoms with van der Waals surface area (Å²) in [6.45, 7) is 6.61. The third-order valence-corrected chi connectivity index (χ3v) is 20.1. The molecule has 0 spiro atoms. The van der Waals surface area contributed by atoms with Crippen LogP contribution in [0.4, 0.5) is 0 Å². The van der Waals surface area contributed by atoms with E-state index in [1.807, 2.05) is 0 Å². The van der Waals surface area contributed by atoms with Gasteiger partial charge >= 0.3 is 44.3 Å². The first-order valence-corrected chi connectivity index (χ1v) is 19.1. The topological polar surface area (TPSA) is 111 Å². The molecule has 0 aromatic rings. The molecule has 0 radical (unpaired) electrons. The van der Waals surface area contributed by atoms with E-state index in [1.165, 1.54) is 56.9 Å². The van der Waals surface area contributed by atoms with Crippen molar-refractivity contribution < 1.29 is 51.9 Å². The average Bonchev–Trinajstić information content (AvgIpc) is 2.73. The highest BCUT2D eigenvalue weighted by molar-refractivity contribution is 6.85. The van der Waals surface area contributed by atoms with Gasteiger partial charge in [-0.1, -0.05) is 0 Å². The average molecular weight is 513 g/mol. The van der Waals surface area contributed by atoms with Crippen molar-refractivity contribution in [3.8, 4) is 0 Å². The van der Waals surface area contributed by atoms with Crippen LogP contribution in [0.3, 0.4) is 0 Å². The molecule has 0 aliphatic rings. The lowest BCUT2D eigenvalue weighted by atomic mass is 11.8. The molecule has 0 saturated carbocycles. The summed E-state index contributed by atoms with van der Waals surface area (Å²) in [7, 11) is -5.82. The molecule has 0 aliphatic heterocycles. The summed E-state index contributed by atoms with van der Waals surface area (Å²) >= 11 is 0. The molecule has 12 nitrogen and oxygen atoms in total. The highest BCUT2D eigenvalue weighted by Crippen LogP contribution is 2.31. The van der Waals surface area contributed by atoms with Gasteiger partial charge in [-0.2, -0.15) is 0 Å². The van der Waals surface area contributed by atoms with E-state index in [4.69, 9.17) is 51.9 Å². The van der Waals surface area contributed by atoms with E-state index in [9.17, 15) is 0 Å². The Morgan fingerprint density at radius 2 is 0.448 bits per heavy atom. The van der Waals surface area contributed by atoms with Gasteiger partial charge in [0.1, 0.15) is 0 Å². The highest BCUT2D eigenvalue weighted by atomic mass is 28.6. The lowest BCUT2D eigenvalue weighted by molar-refractivity contribution is 0.00768. The molecule has 29 heavy (non-hydrogen) atoms. The van der Waals surface area contributed by atoms with E-state index in [-0.39, 0.29) is 0 Å². The summed E-state index contributed by atoms with van der Waals surface area (Å²) in [4.78, 5) is 0. The first-order chi connectivity index (χ1) is 13.3. The minimum atomic E-state index is -4.26. The fraction of sp³-hybridized carbons (Fsp3) is 1.00. The smallest absolute Gasteiger partial charge is 0.377 e. The van der Waals surface area contributed by atoms with Gasteiger partial charge in [0.25, 0.3) is 0 Å². The van der Waals surface area contributed by atoms with Crippen LogP contribution in [0.2, 0.25) is 26.2 Å². The van der Waals surface area contributed by atoms with E-state index >= 15 is 0 Å². The number of hydrogen-bond donors (Lipinski definition) is 0. The molecule has 0 saturated heterocycles. The normalized spacial score (nSPS) is 14.5. The monoisotopic (exact) mass is 512 g/mol. The van der Waals surface area contributed by atoms with Crippen molar-refractivity contribution in [2.75, 3.05) is 56.9 Å². The van der Waals surface area contributed by atoms with Crippen LogP contribution in [-0.4, -0.2) is 101 Å². The quantitative estimate of drug-likeness (QED) is 0.274. The summed E-state index contributed by atoms with van der Waals surface area (Å²) in [6.07, 6.45) is 0. The lowest BCUT2D eigenvalue weighted by Crippen LogP contribution is -2.70. The summed E-state index contributed by atoms with van der Waals surface area (Å²) in [5, 5.41) is 0. The van der Waals surface area contributed by atoms with Crippen LogP contribution >= 0.6 is 0 Å². The Morgan fingerprint density at radius 1 is 0.310 bits per heavy atom. The third kappa shape index (κ3) is 8.57. The lowest BCUT2D eigenvalue weighted by Gasteiger charge is -2.42. The second-order valence-electron chi connectivity index (χ2n) is 5.99. The Hall–Kier alpha value is 0.604. The van der Waals surface area contributed by atoms with Crippen molar-refractivity contribution in [2.45, 2.75) is 26.2 Å². The van der Waals surface area contributed by atoms with Crippen molar-refractivity contribution in [1.29, 1.82) is 0 Å². The van der Waals surface area contributed by atoms with Crippen molar-refractivity contribution >= 4 is 44.3 Å². The molecule has 0 aromatic heterocycles. The fourth-order valence-electron chi connectivity index (χ4n) is 1.70. The summed E-state index contributed by atoms with van der Waals surface area (Å²) in [6, 6.07) is 0. The molecule has 0 fully saturated rings. The third-order valence-electron chi connectivity index (χ3n) is 4.21. The molecule has 0 N–H and O–H groups in total. The molecule has 0 amide bonds. The van der Waals surface area contributed by atoms with Gasteiger partial charge in [0.05, 0.1) is 0 Å². The predicted octanol–water partition coefficient (Wildman–Crippen LogP) is 0.934. The van der Waals surface area contributed by atoms with Gasteiger partial charge in [0.2, 0.25) is 0 Å². The molecule has 176 valence electrons. The van der Waals surface area contributed by atoms with Crippen LogP contribution in [0.15, 0.2) is 0 Å². The Kier molecular flexibility index (Phi) is 12.3. The number of rotatable bonds is 16.